The molecule has 140 valence electrons. The summed E-state index contributed by atoms with van der Waals surface area (Å²) in [6, 6.07) is 4.28. The number of methoxy groups -OCH3 is 1. The summed E-state index contributed by atoms with van der Waals surface area (Å²) < 4.78 is 42.4. The molecule has 10 heteroatoms. The van der Waals surface area contributed by atoms with E-state index in [0.29, 0.717) is 26.4 Å². The summed E-state index contributed by atoms with van der Waals surface area (Å²) in [5.74, 6) is -0.292. The molecule has 1 fully saturated rings. The zero-order valence-corrected chi connectivity index (χ0v) is 15.4. The highest BCUT2D eigenvalue weighted by Gasteiger charge is 2.29. The third-order valence-corrected chi connectivity index (χ3v) is 5.64. The van der Waals surface area contributed by atoms with Crippen LogP contribution in [0.3, 0.4) is 0 Å². The average molecular weight is 393 g/mol. The summed E-state index contributed by atoms with van der Waals surface area (Å²) >= 11 is 5.95. The number of amides is 1. The van der Waals surface area contributed by atoms with E-state index >= 15 is 0 Å². The molecule has 0 atom stereocenters. The third-order valence-electron chi connectivity index (χ3n) is 3.48. The lowest BCUT2D eigenvalue weighted by atomic mass is 10.3. The standard InChI is InChI=1S/C15H21ClN2O6S/c1-22-7-4-17-15(19)11-24-13-3-2-12(16)10-14(13)25(20,21)18-5-8-23-9-6-18/h2-3,10H,4-9,11H2,1H3,(H,17,19). The Bertz CT molecular complexity index is 691. The number of hydrogen-bond donors (Lipinski definition) is 1. The van der Waals surface area contributed by atoms with Gasteiger partial charge in [-0.15, -0.1) is 0 Å². The van der Waals surface area contributed by atoms with Gasteiger partial charge in [-0.25, -0.2) is 8.42 Å². The fourth-order valence-corrected chi connectivity index (χ4v) is 4.02. The van der Waals surface area contributed by atoms with E-state index in [2.05, 4.69) is 5.32 Å². The number of ether oxygens (including phenoxy) is 3. The van der Waals surface area contributed by atoms with Gasteiger partial charge < -0.3 is 19.5 Å². The summed E-state index contributed by atoms with van der Waals surface area (Å²) in [5, 5.41) is 2.86. The molecule has 0 unspecified atom stereocenters. The minimum absolute atomic E-state index is 0.0633. The zero-order chi connectivity index (χ0) is 18.3. The Balaban J connectivity index is 2.12. The van der Waals surface area contributed by atoms with Gasteiger partial charge in [0, 0.05) is 31.8 Å². The first kappa shape index (κ1) is 19.9. The monoisotopic (exact) mass is 392 g/mol. The van der Waals surface area contributed by atoms with E-state index in [4.69, 9.17) is 25.8 Å². The highest BCUT2D eigenvalue weighted by Crippen LogP contribution is 2.30. The number of nitrogens with one attached hydrogen (secondary N) is 1. The Morgan fingerprint density at radius 3 is 2.76 bits per heavy atom. The van der Waals surface area contributed by atoms with Crippen LogP contribution in [0.25, 0.3) is 0 Å². The Hall–Kier alpha value is -1.39. The Labute approximate surface area is 152 Å². The average Bonchev–Trinajstić information content (AvgIpc) is 2.61. The first-order valence-corrected chi connectivity index (χ1v) is 9.53. The fraction of sp³-hybridized carbons (Fsp3) is 0.533. The minimum atomic E-state index is -3.79. The molecule has 2 rings (SSSR count). The Morgan fingerprint density at radius 2 is 2.08 bits per heavy atom. The van der Waals surface area contributed by atoms with Crippen molar-refractivity contribution in [3.63, 3.8) is 0 Å². The lowest BCUT2D eigenvalue weighted by Gasteiger charge is -2.26. The van der Waals surface area contributed by atoms with Crippen LogP contribution in [-0.2, 0) is 24.3 Å². The molecule has 1 N–H and O–H groups in total. The molecule has 25 heavy (non-hydrogen) atoms. The van der Waals surface area contributed by atoms with Crippen LogP contribution in [0.5, 0.6) is 5.75 Å². The Morgan fingerprint density at radius 1 is 1.36 bits per heavy atom. The van der Waals surface area contributed by atoms with Crippen LogP contribution in [0.2, 0.25) is 5.02 Å². The fourth-order valence-electron chi connectivity index (χ4n) is 2.22. The van der Waals surface area contributed by atoms with Crippen molar-refractivity contribution in [1.29, 1.82) is 0 Å². The van der Waals surface area contributed by atoms with Crippen molar-refractivity contribution in [2.45, 2.75) is 4.90 Å². The second kappa shape index (κ2) is 9.35. The van der Waals surface area contributed by atoms with Crippen LogP contribution < -0.4 is 10.1 Å². The number of nitrogens with zero attached hydrogens (tertiary/aromatic N) is 1. The van der Waals surface area contributed by atoms with Gasteiger partial charge >= 0.3 is 0 Å². The summed E-state index contributed by atoms with van der Waals surface area (Å²) in [4.78, 5) is 11.7. The molecule has 1 aromatic rings. The molecule has 0 aliphatic carbocycles. The normalized spacial score (nSPS) is 15.8. The molecule has 0 saturated carbocycles. The number of morpholine rings is 1. The zero-order valence-electron chi connectivity index (χ0n) is 13.9. The van der Waals surface area contributed by atoms with Gasteiger partial charge in [0.2, 0.25) is 10.0 Å². The molecule has 1 heterocycles. The molecule has 1 aliphatic rings. The van der Waals surface area contributed by atoms with Crippen molar-refractivity contribution >= 4 is 27.5 Å². The minimum Gasteiger partial charge on any atom is -0.482 e. The third kappa shape index (κ3) is 5.55. The largest absolute Gasteiger partial charge is 0.482 e. The molecular weight excluding hydrogens is 372 g/mol. The molecule has 1 amide bonds. The van der Waals surface area contributed by atoms with Crippen molar-refractivity contribution < 1.29 is 27.4 Å². The van der Waals surface area contributed by atoms with E-state index in [0.717, 1.165) is 0 Å². The first-order valence-electron chi connectivity index (χ1n) is 7.71. The molecule has 1 aliphatic heterocycles. The van der Waals surface area contributed by atoms with Crippen molar-refractivity contribution in [3.05, 3.63) is 23.2 Å². The van der Waals surface area contributed by atoms with Crippen LogP contribution in [0, 0.1) is 0 Å². The van der Waals surface area contributed by atoms with Crippen LogP contribution >= 0.6 is 11.6 Å². The molecule has 1 saturated heterocycles. The molecular formula is C15H21ClN2O6S. The highest BCUT2D eigenvalue weighted by molar-refractivity contribution is 7.89. The van der Waals surface area contributed by atoms with E-state index in [1.807, 2.05) is 0 Å². The van der Waals surface area contributed by atoms with Crippen molar-refractivity contribution in [2.24, 2.45) is 0 Å². The molecule has 0 spiro atoms. The van der Waals surface area contributed by atoms with E-state index in [1.165, 1.54) is 29.6 Å². The molecule has 0 bridgehead atoms. The van der Waals surface area contributed by atoms with Crippen molar-refractivity contribution in [1.82, 2.24) is 9.62 Å². The maximum atomic E-state index is 12.8. The second-order valence-electron chi connectivity index (χ2n) is 5.24. The lowest BCUT2D eigenvalue weighted by molar-refractivity contribution is -0.123. The summed E-state index contributed by atoms with van der Waals surface area (Å²) in [6.07, 6.45) is 0. The van der Waals surface area contributed by atoms with Gasteiger partial charge in [0.05, 0.1) is 19.8 Å². The molecule has 0 radical (unpaired) electrons. The van der Waals surface area contributed by atoms with E-state index in [9.17, 15) is 13.2 Å². The van der Waals surface area contributed by atoms with Crippen LogP contribution in [-0.4, -0.2) is 71.8 Å². The number of sulfonamides is 1. The maximum Gasteiger partial charge on any atom is 0.258 e. The van der Waals surface area contributed by atoms with Crippen LogP contribution in [0.4, 0.5) is 0 Å². The molecule has 0 aromatic heterocycles. The van der Waals surface area contributed by atoms with Gasteiger partial charge in [-0.2, -0.15) is 4.31 Å². The highest BCUT2D eigenvalue weighted by atomic mass is 35.5. The quantitative estimate of drug-likeness (QED) is 0.647. The van der Waals surface area contributed by atoms with Gasteiger partial charge in [0.1, 0.15) is 10.6 Å². The van der Waals surface area contributed by atoms with Gasteiger partial charge in [0.25, 0.3) is 5.91 Å². The van der Waals surface area contributed by atoms with Crippen molar-refractivity contribution in [2.75, 3.05) is 53.2 Å². The van der Waals surface area contributed by atoms with Gasteiger partial charge in [-0.05, 0) is 18.2 Å². The van der Waals surface area contributed by atoms with Crippen molar-refractivity contribution in [3.8, 4) is 5.75 Å². The summed E-state index contributed by atoms with van der Waals surface area (Å²) in [7, 11) is -2.26. The maximum absolute atomic E-state index is 12.8. The number of hydrogen-bond acceptors (Lipinski definition) is 6. The Kier molecular flexibility index (Phi) is 7.45. The van der Waals surface area contributed by atoms with Gasteiger partial charge in [-0.3, -0.25) is 4.79 Å². The van der Waals surface area contributed by atoms with Gasteiger partial charge in [0.15, 0.2) is 6.61 Å². The van der Waals surface area contributed by atoms with E-state index in [1.54, 1.807) is 0 Å². The lowest BCUT2D eigenvalue weighted by Crippen LogP contribution is -2.40. The number of carbonyl (C=O) groups is 1. The predicted octanol–water partition coefficient (Wildman–Crippen LogP) is 0.502. The topological polar surface area (TPSA) is 94.2 Å². The molecule has 1 aromatic carbocycles. The SMILES string of the molecule is COCCNC(=O)COc1ccc(Cl)cc1S(=O)(=O)N1CCOCC1. The van der Waals surface area contributed by atoms with Crippen LogP contribution in [0.1, 0.15) is 0 Å². The first-order chi connectivity index (χ1) is 11.9. The van der Waals surface area contributed by atoms with E-state index in [-0.39, 0.29) is 41.3 Å². The smallest absolute Gasteiger partial charge is 0.258 e. The number of carbonyl (C=O) groups excluding carboxylic acids is 1. The number of rotatable bonds is 8. The summed E-state index contributed by atoms with van der Waals surface area (Å²) in [5.41, 5.74) is 0. The number of benzene rings is 1. The second-order valence-corrected chi connectivity index (χ2v) is 7.58. The predicted molar refractivity (Wildman–Crippen MR) is 91.4 cm³/mol. The van der Waals surface area contributed by atoms with Crippen LogP contribution in [0.15, 0.2) is 23.1 Å². The summed E-state index contributed by atoms with van der Waals surface area (Å²) in [6.45, 7) is 1.59. The number of halogens is 1. The van der Waals surface area contributed by atoms with Gasteiger partial charge in [-0.1, -0.05) is 11.6 Å². The van der Waals surface area contributed by atoms with E-state index < -0.39 is 10.0 Å². The molecule has 8 nitrogen and oxygen atoms in total.